The number of aliphatic carboxylic acids is 1. The summed E-state index contributed by atoms with van der Waals surface area (Å²) in [7, 11) is 0. The molecule has 4 N–H and O–H groups in total. The summed E-state index contributed by atoms with van der Waals surface area (Å²) in [6, 6.07) is -0.942. The summed E-state index contributed by atoms with van der Waals surface area (Å²) < 4.78 is 0. The van der Waals surface area contributed by atoms with Gasteiger partial charge in [0.1, 0.15) is 0 Å². The molecule has 0 bridgehead atoms. The number of rotatable bonds is 5. The highest BCUT2D eigenvalue weighted by Gasteiger charge is 2.29. The summed E-state index contributed by atoms with van der Waals surface area (Å²) in [6.07, 6.45) is 4.31. The monoisotopic (exact) mass is 228 g/mol. The highest BCUT2D eigenvalue weighted by Crippen LogP contribution is 2.36. The van der Waals surface area contributed by atoms with E-state index in [4.69, 9.17) is 10.8 Å². The van der Waals surface area contributed by atoms with Crippen molar-refractivity contribution in [1.29, 1.82) is 0 Å². The molecule has 92 valence electrons. The molecule has 0 saturated heterocycles. The zero-order valence-corrected chi connectivity index (χ0v) is 9.66. The lowest BCUT2D eigenvalue weighted by atomic mass is 9.89. The topological polar surface area (TPSA) is 92.4 Å². The van der Waals surface area contributed by atoms with Crippen LogP contribution in [0.2, 0.25) is 0 Å². The van der Waals surface area contributed by atoms with Crippen molar-refractivity contribution in [3.63, 3.8) is 0 Å². The molecular weight excluding hydrogens is 208 g/mol. The number of carboxylic acid groups (broad SMARTS) is 1. The minimum Gasteiger partial charge on any atom is -0.481 e. The SMILES string of the molecule is CC1(CNC(=O)C(N)CC(=O)O)CCCC1. The minimum absolute atomic E-state index is 0.165. The van der Waals surface area contributed by atoms with E-state index in [1.54, 1.807) is 0 Å². The molecule has 0 aromatic heterocycles. The average molecular weight is 228 g/mol. The number of carbonyl (C=O) groups is 2. The summed E-state index contributed by atoms with van der Waals surface area (Å²) >= 11 is 0. The summed E-state index contributed by atoms with van der Waals surface area (Å²) in [5.41, 5.74) is 5.62. The smallest absolute Gasteiger partial charge is 0.305 e. The Morgan fingerprint density at radius 2 is 2.00 bits per heavy atom. The summed E-state index contributed by atoms with van der Waals surface area (Å²) in [6.45, 7) is 2.74. The van der Waals surface area contributed by atoms with Gasteiger partial charge in [0.2, 0.25) is 5.91 Å². The number of nitrogens with one attached hydrogen (secondary N) is 1. The number of amides is 1. The Labute approximate surface area is 95.4 Å². The molecule has 1 amide bonds. The van der Waals surface area contributed by atoms with Crippen LogP contribution in [0.1, 0.15) is 39.0 Å². The molecule has 1 unspecified atom stereocenters. The van der Waals surface area contributed by atoms with Crippen LogP contribution in [-0.4, -0.2) is 29.6 Å². The Kier molecular flexibility index (Phi) is 4.29. The van der Waals surface area contributed by atoms with Gasteiger partial charge in [-0.1, -0.05) is 19.8 Å². The van der Waals surface area contributed by atoms with Crippen LogP contribution in [0, 0.1) is 5.41 Å². The molecule has 1 saturated carbocycles. The Morgan fingerprint density at radius 1 is 1.44 bits per heavy atom. The first-order valence-corrected chi connectivity index (χ1v) is 5.68. The lowest BCUT2D eigenvalue weighted by Gasteiger charge is -2.24. The first kappa shape index (κ1) is 13.0. The third-order valence-corrected chi connectivity index (χ3v) is 3.23. The molecule has 0 aromatic carbocycles. The van der Waals surface area contributed by atoms with Crippen molar-refractivity contribution >= 4 is 11.9 Å². The van der Waals surface area contributed by atoms with Gasteiger partial charge in [0.15, 0.2) is 0 Å². The molecule has 16 heavy (non-hydrogen) atoms. The van der Waals surface area contributed by atoms with Crippen LogP contribution in [-0.2, 0) is 9.59 Å². The normalized spacial score (nSPS) is 20.4. The molecule has 1 fully saturated rings. The molecule has 1 aliphatic rings. The van der Waals surface area contributed by atoms with E-state index in [1.165, 1.54) is 12.8 Å². The van der Waals surface area contributed by atoms with Crippen molar-refractivity contribution in [2.75, 3.05) is 6.54 Å². The highest BCUT2D eigenvalue weighted by atomic mass is 16.4. The highest BCUT2D eigenvalue weighted by molar-refractivity contribution is 5.85. The fraction of sp³-hybridized carbons (Fsp3) is 0.818. The predicted octanol–water partition coefficient (Wildman–Crippen LogP) is 0.485. The van der Waals surface area contributed by atoms with Gasteiger partial charge in [-0.05, 0) is 18.3 Å². The van der Waals surface area contributed by atoms with Gasteiger partial charge in [-0.3, -0.25) is 9.59 Å². The van der Waals surface area contributed by atoms with Gasteiger partial charge in [0, 0.05) is 6.54 Å². The first-order valence-electron chi connectivity index (χ1n) is 5.68. The van der Waals surface area contributed by atoms with E-state index in [0.717, 1.165) is 12.8 Å². The summed E-state index contributed by atoms with van der Waals surface area (Å²) in [5, 5.41) is 11.2. The van der Waals surface area contributed by atoms with Crippen LogP contribution in [0.25, 0.3) is 0 Å². The van der Waals surface area contributed by atoms with Gasteiger partial charge in [0.25, 0.3) is 0 Å². The standard InChI is InChI=1S/C11H20N2O3/c1-11(4-2-3-5-11)7-13-10(16)8(12)6-9(14)15/h8H,2-7,12H2,1H3,(H,13,16)(H,14,15). The maximum absolute atomic E-state index is 11.5. The van der Waals surface area contributed by atoms with E-state index in [9.17, 15) is 9.59 Å². The second kappa shape index (κ2) is 5.30. The van der Waals surface area contributed by atoms with Crippen molar-refractivity contribution in [2.24, 2.45) is 11.1 Å². The van der Waals surface area contributed by atoms with Gasteiger partial charge < -0.3 is 16.2 Å². The number of carboxylic acids is 1. The Bertz CT molecular complexity index is 272. The molecule has 0 spiro atoms. The maximum atomic E-state index is 11.5. The number of hydrogen-bond donors (Lipinski definition) is 3. The van der Waals surface area contributed by atoms with Crippen molar-refractivity contribution in [3.05, 3.63) is 0 Å². The fourth-order valence-corrected chi connectivity index (χ4v) is 2.12. The Balaban J connectivity index is 2.31. The quantitative estimate of drug-likeness (QED) is 0.638. The van der Waals surface area contributed by atoms with Crippen molar-refractivity contribution in [1.82, 2.24) is 5.32 Å². The van der Waals surface area contributed by atoms with Crippen LogP contribution in [0.15, 0.2) is 0 Å². The maximum Gasteiger partial charge on any atom is 0.305 e. The lowest BCUT2D eigenvalue weighted by Crippen LogP contribution is -2.45. The summed E-state index contributed by atoms with van der Waals surface area (Å²) in [4.78, 5) is 21.9. The molecule has 0 radical (unpaired) electrons. The molecule has 1 rings (SSSR count). The third-order valence-electron chi connectivity index (χ3n) is 3.23. The zero-order chi connectivity index (χ0) is 12.2. The van der Waals surface area contributed by atoms with Crippen LogP contribution < -0.4 is 11.1 Å². The van der Waals surface area contributed by atoms with Crippen LogP contribution >= 0.6 is 0 Å². The van der Waals surface area contributed by atoms with Crippen molar-refractivity contribution in [2.45, 2.75) is 45.1 Å². The molecule has 0 heterocycles. The zero-order valence-electron chi connectivity index (χ0n) is 9.66. The van der Waals surface area contributed by atoms with E-state index in [0.29, 0.717) is 6.54 Å². The molecule has 5 heteroatoms. The van der Waals surface area contributed by atoms with E-state index in [1.807, 2.05) is 0 Å². The van der Waals surface area contributed by atoms with E-state index >= 15 is 0 Å². The van der Waals surface area contributed by atoms with Crippen molar-refractivity contribution < 1.29 is 14.7 Å². The van der Waals surface area contributed by atoms with Crippen LogP contribution in [0.5, 0.6) is 0 Å². The molecule has 5 nitrogen and oxygen atoms in total. The van der Waals surface area contributed by atoms with Crippen LogP contribution in [0.3, 0.4) is 0 Å². The predicted molar refractivity (Wildman–Crippen MR) is 59.8 cm³/mol. The largest absolute Gasteiger partial charge is 0.481 e. The molecule has 1 aliphatic carbocycles. The summed E-state index contributed by atoms with van der Waals surface area (Å²) in [5.74, 6) is -1.41. The fourth-order valence-electron chi connectivity index (χ4n) is 2.12. The van der Waals surface area contributed by atoms with Gasteiger partial charge in [-0.25, -0.2) is 0 Å². The molecule has 0 aliphatic heterocycles. The Morgan fingerprint density at radius 3 is 2.50 bits per heavy atom. The number of nitrogens with two attached hydrogens (primary N) is 1. The van der Waals surface area contributed by atoms with Gasteiger partial charge >= 0.3 is 5.97 Å². The van der Waals surface area contributed by atoms with E-state index in [-0.39, 0.29) is 17.7 Å². The second-order valence-corrected chi connectivity index (χ2v) is 4.94. The van der Waals surface area contributed by atoms with Gasteiger partial charge in [-0.15, -0.1) is 0 Å². The second-order valence-electron chi connectivity index (χ2n) is 4.94. The average Bonchev–Trinajstić information content (AvgIpc) is 2.61. The van der Waals surface area contributed by atoms with Crippen LogP contribution in [0.4, 0.5) is 0 Å². The van der Waals surface area contributed by atoms with Crippen molar-refractivity contribution in [3.8, 4) is 0 Å². The molecule has 1 atom stereocenters. The lowest BCUT2D eigenvalue weighted by molar-refractivity contribution is -0.139. The molecule has 0 aromatic rings. The van der Waals surface area contributed by atoms with E-state index < -0.39 is 12.0 Å². The van der Waals surface area contributed by atoms with Gasteiger partial charge in [-0.2, -0.15) is 0 Å². The number of hydrogen-bond acceptors (Lipinski definition) is 3. The van der Waals surface area contributed by atoms with Gasteiger partial charge in [0.05, 0.1) is 12.5 Å². The minimum atomic E-state index is -1.05. The first-order chi connectivity index (χ1) is 7.43. The number of carbonyl (C=O) groups excluding carboxylic acids is 1. The van der Waals surface area contributed by atoms with E-state index in [2.05, 4.69) is 12.2 Å². The molecular formula is C11H20N2O3. The third kappa shape index (κ3) is 3.81. The Hall–Kier alpha value is -1.10.